The van der Waals surface area contributed by atoms with Crippen LogP contribution in [-0.4, -0.2) is 160 Å². The number of aryl methyl sites for hydroxylation is 1. The molecule has 22 heteroatoms. The number of aliphatic hydroxyl groups is 10. The van der Waals surface area contributed by atoms with Crippen molar-refractivity contribution in [3.8, 4) is 5.75 Å². The first-order chi connectivity index (χ1) is 23.7. The van der Waals surface area contributed by atoms with Gasteiger partial charge < -0.3 is 81.8 Å². The second-order valence-corrected chi connectivity index (χ2v) is 12.9. The Hall–Kier alpha value is -3.49. The van der Waals surface area contributed by atoms with Gasteiger partial charge in [-0.1, -0.05) is 6.92 Å². The molecule has 5 rings (SSSR count). The zero-order chi connectivity index (χ0) is 37.7. The molecule has 0 spiro atoms. The molecule has 21 nitrogen and oxygen atoms in total. The summed E-state index contributed by atoms with van der Waals surface area (Å²) in [5.41, 5.74) is 7.18. The number of piperidine rings is 1. The number of carbonyl (C=O) groups excluding carboxylic acids is 1. The van der Waals surface area contributed by atoms with Crippen molar-refractivity contribution in [1.82, 2.24) is 19.8 Å². The van der Waals surface area contributed by atoms with E-state index in [-0.39, 0.29) is 48.4 Å². The van der Waals surface area contributed by atoms with Crippen molar-refractivity contribution in [2.24, 2.45) is 5.73 Å². The van der Waals surface area contributed by atoms with Crippen LogP contribution in [0.3, 0.4) is 0 Å². The maximum absolute atomic E-state index is 12.4. The first-order valence-electron chi connectivity index (χ1n) is 16.3. The molecule has 14 N–H and O–H groups in total. The maximum Gasteiger partial charge on any atom is 0.306 e. The molecule has 2 aromatic rings. The number of hydrogen-bond donors (Lipinski definition) is 13. The molecule has 3 saturated heterocycles. The summed E-state index contributed by atoms with van der Waals surface area (Å²) in [6.45, 7) is 3.22. The third-order valence-corrected chi connectivity index (χ3v) is 9.33. The molecular formula is C29H45BN8O13. The Balaban J connectivity index is 1.37. The third kappa shape index (κ3) is 6.91. The Labute approximate surface area is 292 Å². The van der Waals surface area contributed by atoms with Crippen LogP contribution in [0.25, 0.3) is 0 Å². The number of primary amides is 1. The molecule has 4 heterocycles. The predicted molar refractivity (Wildman–Crippen MR) is 177 cm³/mol. The van der Waals surface area contributed by atoms with Crippen molar-refractivity contribution in [3.63, 3.8) is 0 Å². The number of anilines is 4. The van der Waals surface area contributed by atoms with Crippen LogP contribution in [0.2, 0.25) is 0 Å². The lowest BCUT2D eigenvalue weighted by Crippen LogP contribution is -2.94. The summed E-state index contributed by atoms with van der Waals surface area (Å²) in [5, 5.41) is 112. The van der Waals surface area contributed by atoms with Gasteiger partial charge in [-0.25, -0.2) is 9.97 Å². The second kappa shape index (κ2) is 13.8. The van der Waals surface area contributed by atoms with Crippen molar-refractivity contribution in [3.05, 3.63) is 29.6 Å². The zero-order valence-electron chi connectivity index (χ0n) is 28.3. The number of benzene rings is 1. The van der Waals surface area contributed by atoms with E-state index in [2.05, 4.69) is 20.6 Å². The summed E-state index contributed by atoms with van der Waals surface area (Å²) in [7, 11) is 1.81. The van der Waals surface area contributed by atoms with Gasteiger partial charge in [0.2, 0.25) is 0 Å². The number of nitrogens with two attached hydrogens (primary N) is 1. The van der Waals surface area contributed by atoms with Gasteiger partial charge in [0.25, 0.3) is 5.91 Å². The van der Waals surface area contributed by atoms with Gasteiger partial charge in [-0.2, -0.15) is 4.90 Å². The van der Waals surface area contributed by atoms with E-state index in [1.54, 1.807) is 23.1 Å². The van der Waals surface area contributed by atoms with Crippen molar-refractivity contribution in [1.29, 1.82) is 0 Å². The monoisotopic (exact) mass is 724 g/mol. The van der Waals surface area contributed by atoms with Gasteiger partial charge in [0.1, 0.15) is 5.75 Å². The van der Waals surface area contributed by atoms with Crippen LogP contribution in [-0.2, 0) is 11.2 Å². The van der Waals surface area contributed by atoms with E-state index in [1.807, 2.05) is 6.92 Å². The van der Waals surface area contributed by atoms with E-state index in [4.69, 9.17) is 15.2 Å². The lowest BCUT2D eigenvalue weighted by molar-refractivity contribution is -0.634. The molecule has 1 aromatic heterocycles. The Morgan fingerprint density at radius 1 is 0.980 bits per heavy atom. The quantitative estimate of drug-likeness (QED) is 0.0805. The molecule has 0 atom stereocenters. The van der Waals surface area contributed by atoms with Gasteiger partial charge in [0.15, 0.2) is 31.0 Å². The average molecular weight is 725 g/mol. The molecule has 0 saturated carbocycles. The van der Waals surface area contributed by atoms with Crippen LogP contribution in [0.5, 0.6) is 5.75 Å². The second-order valence-electron chi connectivity index (χ2n) is 12.9. The fraction of sp³-hybridized carbons (Fsp3) is 0.621. The summed E-state index contributed by atoms with van der Waals surface area (Å²) >= 11 is 0. The molecule has 0 bridgehead atoms. The van der Waals surface area contributed by atoms with Gasteiger partial charge in [0, 0.05) is 50.1 Å². The highest BCUT2D eigenvalue weighted by Gasteiger charge is 2.80. The molecule has 0 aliphatic carbocycles. The number of hydrogen-bond acceptors (Lipinski definition) is 20. The minimum atomic E-state index is -4.27. The highest BCUT2D eigenvalue weighted by Crippen LogP contribution is 2.48. The van der Waals surface area contributed by atoms with Crippen LogP contribution >= 0.6 is 0 Å². The highest BCUT2D eigenvalue weighted by atomic mass is 16.7. The largest absolute Gasteiger partial charge is 0.495 e. The van der Waals surface area contributed by atoms with Gasteiger partial charge in [-0.3, -0.25) is 4.79 Å². The van der Waals surface area contributed by atoms with Gasteiger partial charge in [0.05, 0.1) is 18.5 Å². The summed E-state index contributed by atoms with van der Waals surface area (Å²) in [6.07, 6.45) is 1.75. The summed E-state index contributed by atoms with van der Waals surface area (Å²) in [5.74, 6) is -20.2. The molecular weight excluding hydrogens is 679 g/mol. The fourth-order valence-electron chi connectivity index (χ4n) is 6.80. The molecule has 0 radical (unpaired) electrons. The number of rotatable bonds is 10. The van der Waals surface area contributed by atoms with Gasteiger partial charge >= 0.3 is 23.6 Å². The average Bonchev–Trinajstić information content (AvgIpc) is 3.04. The van der Waals surface area contributed by atoms with E-state index in [0.29, 0.717) is 56.1 Å². The lowest BCUT2D eigenvalue weighted by atomic mass is 9.92. The zero-order valence-corrected chi connectivity index (χ0v) is 28.3. The molecule has 51 heavy (non-hydrogen) atoms. The van der Waals surface area contributed by atoms with E-state index in [0.717, 1.165) is 12.8 Å². The van der Waals surface area contributed by atoms with Crippen LogP contribution in [0.1, 0.15) is 48.8 Å². The van der Waals surface area contributed by atoms with Crippen molar-refractivity contribution in [2.45, 2.75) is 80.6 Å². The maximum atomic E-state index is 12.4. The van der Waals surface area contributed by atoms with Crippen molar-refractivity contribution in [2.75, 3.05) is 48.9 Å². The topological polar surface area (TPSA) is 323 Å². The number of methoxy groups -OCH3 is 1. The number of amides is 1. The number of nitrogens with zero attached hydrogens (tertiary/aromatic N) is 5. The number of ether oxygens (including phenoxy) is 2. The lowest BCUT2D eigenvalue weighted by Gasteiger charge is -2.64. The Bertz CT molecular complexity index is 1570. The molecule has 282 valence electrons. The first kappa shape index (κ1) is 38.7. The van der Waals surface area contributed by atoms with Crippen molar-refractivity contribution >= 4 is 36.8 Å². The van der Waals surface area contributed by atoms with Gasteiger partial charge in [-0.15, -0.1) is 4.90 Å². The fourth-order valence-corrected chi connectivity index (χ4v) is 6.80. The van der Waals surface area contributed by atoms with E-state index >= 15 is 0 Å². The number of piperazine rings is 1. The van der Waals surface area contributed by atoms with E-state index < -0.39 is 46.3 Å². The Morgan fingerprint density at radius 2 is 1.57 bits per heavy atom. The summed E-state index contributed by atoms with van der Waals surface area (Å²) < 4.78 is 11.1. The Morgan fingerprint density at radius 3 is 2.08 bits per heavy atom. The number of carbonyl (C=O) groups is 1. The van der Waals surface area contributed by atoms with Crippen LogP contribution < -0.4 is 26.0 Å². The molecule has 1 amide bonds. The van der Waals surface area contributed by atoms with E-state index in [1.165, 1.54) is 7.11 Å². The van der Waals surface area contributed by atoms with Gasteiger partial charge in [-0.05, 0) is 44.2 Å². The third-order valence-electron chi connectivity index (χ3n) is 9.33. The summed E-state index contributed by atoms with van der Waals surface area (Å²) in [6, 6.07) is 3.74. The predicted octanol–water partition coefficient (Wildman–Crippen LogP) is -5.15. The van der Waals surface area contributed by atoms with Crippen LogP contribution in [0.4, 0.5) is 23.0 Å². The molecule has 0 unspecified atom stereocenters. The normalized spacial score (nSPS) is 22.8. The minimum Gasteiger partial charge on any atom is -0.495 e. The molecule has 3 fully saturated rings. The van der Waals surface area contributed by atoms with E-state index in [9.17, 15) is 55.9 Å². The smallest absolute Gasteiger partial charge is 0.306 e. The molecule has 3 aliphatic heterocycles. The molecule has 3 aliphatic rings. The Kier molecular flexibility index (Phi) is 10.5. The highest BCUT2D eigenvalue weighted by molar-refractivity contribution is 6.12. The van der Waals surface area contributed by atoms with Crippen molar-refractivity contribution < 1.29 is 65.3 Å². The standard InChI is InChI=1S/C29H45BN8O13/c1-3-18-23(32-15-8-12-51-13-9-15)35-24(21(34-18)22(31)39)33-16-4-5-19(20(14-16)50-2)36-10-6-17(7-11-36)37-25(40,41)27(44,45)38(29(30,48)49)28(46,47)26(37,42)43/h4-5,14-15,17,40-49H,3,6-13,30H2,1-2H3,(H2,31,39)(H2,32,33,35). The number of nitrogens with one attached hydrogen (secondary N) is 2. The minimum absolute atomic E-state index is 0.0582. The summed E-state index contributed by atoms with van der Waals surface area (Å²) in [4.78, 5) is 22.3. The molecule has 1 aromatic carbocycles. The number of aromatic nitrogens is 2. The first-order valence-corrected chi connectivity index (χ1v) is 16.3. The van der Waals surface area contributed by atoms with Crippen LogP contribution in [0.15, 0.2) is 18.2 Å². The van der Waals surface area contributed by atoms with Crippen LogP contribution in [0, 0.1) is 0 Å². The SMILES string of the molecule is BC(O)(O)N1C(O)(O)C(O)(O)N(C2CCN(c3ccc(Nc4nc(NC5CCOCC5)c(CC)nc4C(N)=O)cc3OC)CC2)C(O)(O)C1(O)O.